The molecule has 6 heteroatoms. The maximum Gasteiger partial charge on any atom is 0.335 e. The fourth-order valence-corrected chi connectivity index (χ4v) is 2.69. The SMILES string of the molecule is CC(=O)NCCO[C@@H](c1cccc(Cl)c1)c1cc(C(=O)O)ccc1C. The Bertz CT molecular complexity index is 776. The molecule has 0 unspecified atom stereocenters. The summed E-state index contributed by atoms with van der Waals surface area (Å²) in [5.74, 6) is -1.13. The number of carbonyl (C=O) groups excluding carboxylic acids is 1. The molecule has 0 fully saturated rings. The van der Waals surface area contributed by atoms with Crippen molar-refractivity contribution >= 4 is 23.5 Å². The van der Waals surface area contributed by atoms with Crippen LogP contribution in [0.25, 0.3) is 0 Å². The lowest BCUT2D eigenvalue weighted by Gasteiger charge is -2.21. The number of hydrogen-bond donors (Lipinski definition) is 2. The van der Waals surface area contributed by atoms with Gasteiger partial charge in [0.15, 0.2) is 0 Å². The molecule has 0 saturated carbocycles. The van der Waals surface area contributed by atoms with E-state index in [4.69, 9.17) is 16.3 Å². The van der Waals surface area contributed by atoms with Gasteiger partial charge in [0.25, 0.3) is 0 Å². The lowest BCUT2D eigenvalue weighted by atomic mass is 9.95. The summed E-state index contributed by atoms with van der Waals surface area (Å²) in [4.78, 5) is 22.3. The smallest absolute Gasteiger partial charge is 0.335 e. The van der Waals surface area contributed by atoms with Crippen LogP contribution in [0.5, 0.6) is 0 Å². The quantitative estimate of drug-likeness (QED) is 0.739. The molecule has 0 aliphatic carbocycles. The normalized spacial score (nSPS) is 11.8. The van der Waals surface area contributed by atoms with Gasteiger partial charge < -0.3 is 15.2 Å². The van der Waals surface area contributed by atoms with Crippen molar-refractivity contribution in [3.8, 4) is 0 Å². The van der Waals surface area contributed by atoms with Gasteiger partial charge in [0.05, 0.1) is 12.2 Å². The number of amides is 1. The number of hydrogen-bond acceptors (Lipinski definition) is 3. The predicted molar refractivity (Wildman–Crippen MR) is 96.1 cm³/mol. The van der Waals surface area contributed by atoms with Gasteiger partial charge in [-0.05, 0) is 47.9 Å². The van der Waals surface area contributed by atoms with Crippen LogP contribution in [0.4, 0.5) is 0 Å². The first kappa shape index (κ1) is 19.0. The standard InChI is InChI=1S/C19H20ClNO4/c1-12-6-7-15(19(23)24)11-17(12)18(25-9-8-21-13(2)22)14-4-3-5-16(20)10-14/h3-7,10-11,18H,8-9H2,1-2H3,(H,21,22)(H,23,24)/t18-/m0/s1. The van der Waals surface area contributed by atoms with E-state index in [2.05, 4.69) is 5.32 Å². The number of benzene rings is 2. The van der Waals surface area contributed by atoms with E-state index in [-0.39, 0.29) is 18.1 Å². The third kappa shape index (κ3) is 5.31. The van der Waals surface area contributed by atoms with Crippen LogP contribution in [0, 0.1) is 6.92 Å². The maximum absolute atomic E-state index is 11.3. The molecule has 0 aromatic heterocycles. The minimum Gasteiger partial charge on any atom is -0.478 e. The summed E-state index contributed by atoms with van der Waals surface area (Å²) in [5.41, 5.74) is 2.68. The van der Waals surface area contributed by atoms with E-state index >= 15 is 0 Å². The van der Waals surface area contributed by atoms with Gasteiger partial charge >= 0.3 is 5.97 Å². The number of carbonyl (C=O) groups is 2. The zero-order valence-corrected chi connectivity index (χ0v) is 14.8. The van der Waals surface area contributed by atoms with Crippen LogP contribution in [0.1, 0.15) is 40.1 Å². The van der Waals surface area contributed by atoms with Crippen molar-refractivity contribution in [2.75, 3.05) is 13.2 Å². The van der Waals surface area contributed by atoms with Crippen molar-refractivity contribution < 1.29 is 19.4 Å². The van der Waals surface area contributed by atoms with Crippen LogP contribution in [-0.4, -0.2) is 30.1 Å². The first-order valence-corrected chi connectivity index (χ1v) is 8.21. The molecule has 1 amide bonds. The van der Waals surface area contributed by atoms with Crippen molar-refractivity contribution in [1.29, 1.82) is 0 Å². The number of carboxylic acids is 1. The Morgan fingerprint density at radius 1 is 1.24 bits per heavy atom. The van der Waals surface area contributed by atoms with E-state index < -0.39 is 12.1 Å². The predicted octanol–water partition coefficient (Wildman–Crippen LogP) is 3.59. The minimum absolute atomic E-state index is 0.132. The van der Waals surface area contributed by atoms with Crippen molar-refractivity contribution in [2.24, 2.45) is 0 Å². The van der Waals surface area contributed by atoms with Gasteiger partial charge in [0.1, 0.15) is 6.10 Å². The number of halogens is 1. The first-order chi connectivity index (χ1) is 11.9. The summed E-state index contributed by atoms with van der Waals surface area (Å²) in [6.45, 7) is 3.99. The van der Waals surface area contributed by atoms with E-state index in [1.165, 1.54) is 6.92 Å². The van der Waals surface area contributed by atoms with Crippen LogP contribution >= 0.6 is 11.6 Å². The first-order valence-electron chi connectivity index (χ1n) is 7.84. The van der Waals surface area contributed by atoms with E-state index in [0.29, 0.717) is 11.6 Å². The third-order valence-electron chi connectivity index (χ3n) is 3.72. The molecular formula is C19H20ClNO4. The highest BCUT2D eigenvalue weighted by atomic mass is 35.5. The molecule has 2 aromatic carbocycles. The van der Waals surface area contributed by atoms with Crippen LogP contribution in [-0.2, 0) is 9.53 Å². The Hall–Kier alpha value is -2.37. The average molecular weight is 362 g/mol. The summed E-state index contributed by atoms with van der Waals surface area (Å²) in [6.07, 6.45) is -0.480. The van der Waals surface area contributed by atoms with E-state index in [1.54, 1.807) is 30.3 Å². The van der Waals surface area contributed by atoms with Gasteiger partial charge in [-0.3, -0.25) is 4.79 Å². The van der Waals surface area contributed by atoms with E-state index in [9.17, 15) is 14.7 Å². The molecular weight excluding hydrogens is 342 g/mol. The molecule has 2 N–H and O–H groups in total. The Balaban J connectivity index is 2.35. The Labute approximate surface area is 151 Å². The topological polar surface area (TPSA) is 75.6 Å². The van der Waals surface area contributed by atoms with Gasteiger partial charge in [0.2, 0.25) is 5.91 Å². The second kappa shape index (κ2) is 8.65. The molecule has 2 rings (SSSR count). The number of rotatable bonds is 7. The summed E-state index contributed by atoms with van der Waals surface area (Å²) in [7, 11) is 0. The van der Waals surface area contributed by atoms with Crippen LogP contribution in [0.2, 0.25) is 5.02 Å². The van der Waals surface area contributed by atoms with Gasteiger partial charge in [-0.1, -0.05) is 29.8 Å². The molecule has 25 heavy (non-hydrogen) atoms. The number of aromatic carboxylic acids is 1. The molecule has 0 bridgehead atoms. The number of aryl methyl sites for hydroxylation is 1. The van der Waals surface area contributed by atoms with Crippen molar-refractivity contribution in [3.05, 3.63) is 69.7 Å². The zero-order valence-electron chi connectivity index (χ0n) is 14.1. The largest absolute Gasteiger partial charge is 0.478 e. The van der Waals surface area contributed by atoms with Crippen molar-refractivity contribution in [3.63, 3.8) is 0 Å². The van der Waals surface area contributed by atoms with Gasteiger partial charge in [-0.15, -0.1) is 0 Å². The summed E-state index contributed by atoms with van der Waals surface area (Å²) < 4.78 is 5.97. The lowest BCUT2D eigenvalue weighted by molar-refractivity contribution is -0.119. The monoisotopic (exact) mass is 361 g/mol. The molecule has 2 aromatic rings. The fraction of sp³-hybridized carbons (Fsp3) is 0.263. The molecule has 5 nitrogen and oxygen atoms in total. The van der Waals surface area contributed by atoms with Crippen molar-refractivity contribution in [1.82, 2.24) is 5.32 Å². The highest BCUT2D eigenvalue weighted by Crippen LogP contribution is 2.30. The molecule has 0 heterocycles. The van der Waals surface area contributed by atoms with Gasteiger partial charge in [-0.2, -0.15) is 0 Å². The van der Waals surface area contributed by atoms with E-state index in [0.717, 1.165) is 16.7 Å². The molecule has 0 aliphatic heterocycles. The van der Waals surface area contributed by atoms with Gasteiger partial charge in [-0.25, -0.2) is 4.79 Å². The molecule has 0 radical (unpaired) electrons. The Morgan fingerprint density at radius 3 is 2.64 bits per heavy atom. The highest BCUT2D eigenvalue weighted by molar-refractivity contribution is 6.30. The zero-order chi connectivity index (χ0) is 18.4. The highest BCUT2D eigenvalue weighted by Gasteiger charge is 2.19. The fourth-order valence-electron chi connectivity index (χ4n) is 2.50. The van der Waals surface area contributed by atoms with Crippen LogP contribution < -0.4 is 5.32 Å². The van der Waals surface area contributed by atoms with Gasteiger partial charge in [0, 0.05) is 18.5 Å². The molecule has 1 atom stereocenters. The average Bonchev–Trinajstić information content (AvgIpc) is 2.55. The molecule has 0 saturated heterocycles. The molecule has 0 aliphatic rings. The summed E-state index contributed by atoms with van der Waals surface area (Å²) in [6, 6.07) is 12.2. The number of carboxylic acid groups (broad SMARTS) is 1. The maximum atomic E-state index is 11.3. The minimum atomic E-state index is -0.996. The number of ether oxygens (including phenoxy) is 1. The molecule has 0 spiro atoms. The Morgan fingerprint density at radius 2 is 2.00 bits per heavy atom. The molecule has 132 valence electrons. The number of nitrogens with one attached hydrogen (secondary N) is 1. The van der Waals surface area contributed by atoms with E-state index in [1.807, 2.05) is 19.1 Å². The van der Waals surface area contributed by atoms with Crippen LogP contribution in [0.15, 0.2) is 42.5 Å². The summed E-state index contributed by atoms with van der Waals surface area (Å²) in [5, 5.41) is 12.5. The van der Waals surface area contributed by atoms with Crippen molar-refractivity contribution in [2.45, 2.75) is 20.0 Å². The second-order valence-electron chi connectivity index (χ2n) is 5.67. The third-order valence-corrected chi connectivity index (χ3v) is 3.96. The summed E-state index contributed by atoms with van der Waals surface area (Å²) >= 11 is 6.09. The Kier molecular flexibility index (Phi) is 6.56. The second-order valence-corrected chi connectivity index (χ2v) is 6.10. The lowest BCUT2D eigenvalue weighted by Crippen LogP contribution is -2.25. The van der Waals surface area contributed by atoms with Crippen LogP contribution in [0.3, 0.4) is 0 Å².